The fraction of sp³-hybridized carbons (Fsp3) is 0.938. The lowest BCUT2D eigenvalue weighted by molar-refractivity contribution is -0.164. The fourth-order valence-electron chi connectivity index (χ4n) is 3.77. The second-order valence-corrected chi connectivity index (χ2v) is 6.51. The van der Waals surface area contributed by atoms with Gasteiger partial charge in [-0.1, -0.05) is 19.3 Å². The van der Waals surface area contributed by atoms with Crippen LogP contribution >= 0.6 is 0 Å². The molecular formula is C16H26O4. The molecule has 3 atom stereocenters. The highest BCUT2D eigenvalue weighted by Crippen LogP contribution is 2.40. The van der Waals surface area contributed by atoms with Crippen LogP contribution in [0.1, 0.15) is 58.3 Å². The molecule has 3 rings (SSSR count). The molecule has 0 spiro atoms. The van der Waals surface area contributed by atoms with Gasteiger partial charge in [0, 0.05) is 6.61 Å². The van der Waals surface area contributed by atoms with Crippen molar-refractivity contribution in [1.29, 1.82) is 0 Å². The van der Waals surface area contributed by atoms with Gasteiger partial charge < -0.3 is 14.2 Å². The zero-order chi connectivity index (χ0) is 14.0. The number of rotatable bonds is 5. The summed E-state index contributed by atoms with van der Waals surface area (Å²) in [5.41, 5.74) is -0.212. The van der Waals surface area contributed by atoms with Crippen molar-refractivity contribution < 1.29 is 19.0 Å². The van der Waals surface area contributed by atoms with Crippen LogP contribution in [-0.4, -0.2) is 37.0 Å². The van der Waals surface area contributed by atoms with Crippen molar-refractivity contribution in [3.05, 3.63) is 0 Å². The van der Waals surface area contributed by atoms with E-state index in [-0.39, 0.29) is 17.5 Å². The molecule has 0 radical (unpaired) electrons. The minimum Gasteiger partial charge on any atom is -0.462 e. The normalized spacial score (nSPS) is 35.1. The first-order valence-electron chi connectivity index (χ1n) is 8.18. The highest BCUT2D eigenvalue weighted by atomic mass is 16.6. The van der Waals surface area contributed by atoms with Gasteiger partial charge in [0.15, 0.2) is 0 Å². The summed E-state index contributed by atoms with van der Waals surface area (Å²) in [6, 6.07) is 0. The molecule has 3 aliphatic rings. The molecule has 0 aromatic heterocycles. The average Bonchev–Trinajstić information content (AvgIpc) is 3.24. The lowest BCUT2D eigenvalue weighted by atomic mass is 9.85. The number of hydrogen-bond acceptors (Lipinski definition) is 4. The molecule has 2 saturated carbocycles. The van der Waals surface area contributed by atoms with E-state index in [1.54, 1.807) is 0 Å². The van der Waals surface area contributed by atoms with E-state index in [0.717, 1.165) is 32.1 Å². The van der Waals surface area contributed by atoms with Crippen LogP contribution in [0.25, 0.3) is 0 Å². The minimum atomic E-state index is -0.212. The average molecular weight is 282 g/mol. The summed E-state index contributed by atoms with van der Waals surface area (Å²) in [5, 5.41) is 0. The maximum Gasteiger partial charge on any atom is 0.309 e. The Morgan fingerprint density at radius 1 is 1.20 bits per heavy atom. The largest absolute Gasteiger partial charge is 0.462 e. The Morgan fingerprint density at radius 3 is 2.70 bits per heavy atom. The first kappa shape index (κ1) is 14.3. The molecule has 2 aliphatic carbocycles. The molecule has 0 bridgehead atoms. The van der Waals surface area contributed by atoms with Crippen molar-refractivity contribution in [3.63, 3.8) is 0 Å². The molecule has 4 nitrogen and oxygen atoms in total. The van der Waals surface area contributed by atoms with Crippen LogP contribution in [0.2, 0.25) is 0 Å². The summed E-state index contributed by atoms with van der Waals surface area (Å²) in [7, 11) is 0. The Bertz CT molecular complexity index is 343. The van der Waals surface area contributed by atoms with Gasteiger partial charge in [-0.25, -0.2) is 0 Å². The van der Waals surface area contributed by atoms with Gasteiger partial charge in [-0.3, -0.25) is 4.79 Å². The summed E-state index contributed by atoms with van der Waals surface area (Å²) in [6.45, 7) is 3.15. The second-order valence-electron chi connectivity index (χ2n) is 6.51. The first-order valence-corrected chi connectivity index (χ1v) is 8.18. The van der Waals surface area contributed by atoms with Gasteiger partial charge in [-0.05, 0) is 39.0 Å². The smallest absolute Gasteiger partial charge is 0.309 e. The third-order valence-electron chi connectivity index (χ3n) is 5.03. The molecule has 1 heterocycles. The van der Waals surface area contributed by atoms with E-state index >= 15 is 0 Å². The van der Waals surface area contributed by atoms with Gasteiger partial charge in [0.1, 0.15) is 12.2 Å². The third kappa shape index (κ3) is 3.17. The third-order valence-corrected chi connectivity index (χ3v) is 5.03. The molecule has 114 valence electrons. The Morgan fingerprint density at radius 2 is 2.00 bits per heavy atom. The molecule has 0 aromatic carbocycles. The predicted octanol–water partition coefficient (Wildman–Crippen LogP) is 2.84. The van der Waals surface area contributed by atoms with E-state index < -0.39 is 0 Å². The summed E-state index contributed by atoms with van der Waals surface area (Å²) in [5.74, 6) is 0.00428. The summed E-state index contributed by atoms with van der Waals surface area (Å²) in [6.07, 6.45) is 9.22. The standard InChI is InChI=1S/C16H26O4/c1-2-19-16(8-4-3-5-9-16)11-18-15(17)12-6-7-13-14(10-12)20-13/h12-14H,2-11H2,1H3. The topological polar surface area (TPSA) is 48.1 Å². The van der Waals surface area contributed by atoms with Crippen molar-refractivity contribution in [1.82, 2.24) is 0 Å². The molecule has 1 saturated heterocycles. The number of ether oxygens (including phenoxy) is 3. The van der Waals surface area contributed by atoms with Gasteiger partial charge in [0.05, 0.1) is 18.1 Å². The lowest BCUT2D eigenvalue weighted by Crippen LogP contribution is -2.41. The quantitative estimate of drug-likeness (QED) is 0.574. The van der Waals surface area contributed by atoms with Crippen molar-refractivity contribution in [2.24, 2.45) is 5.92 Å². The molecule has 3 unspecified atom stereocenters. The number of epoxide rings is 1. The van der Waals surface area contributed by atoms with Gasteiger partial charge in [0.25, 0.3) is 0 Å². The molecule has 4 heteroatoms. The van der Waals surface area contributed by atoms with Crippen LogP contribution in [-0.2, 0) is 19.0 Å². The van der Waals surface area contributed by atoms with E-state index in [4.69, 9.17) is 14.2 Å². The molecule has 3 fully saturated rings. The SMILES string of the molecule is CCOC1(COC(=O)C2CCC3OC3C2)CCCCC1. The van der Waals surface area contributed by atoms with Crippen LogP contribution in [0.4, 0.5) is 0 Å². The van der Waals surface area contributed by atoms with Gasteiger partial charge >= 0.3 is 5.97 Å². The van der Waals surface area contributed by atoms with Crippen LogP contribution in [0.15, 0.2) is 0 Å². The number of esters is 1. The zero-order valence-electron chi connectivity index (χ0n) is 12.4. The monoisotopic (exact) mass is 282 g/mol. The van der Waals surface area contributed by atoms with Gasteiger partial charge in [-0.2, -0.15) is 0 Å². The fourth-order valence-corrected chi connectivity index (χ4v) is 3.77. The Kier molecular flexibility index (Phi) is 4.32. The summed E-state index contributed by atoms with van der Waals surface area (Å²) in [4.78, 5) is 12.2. The summed E-state index contributed by atoms with van der Waals surface area (Å²) < 4.78 is 17.0. The molecule has 0 amide bonds. The zero-order valence-corrected chi connectivity index (χ0v) is 12.4. The van der Waals surface area contributed by atoms with Crippen LogP contribution in [0, 0.1) is 5.92 Å². The highest BCUT2D eigenvalue weighted by molar-refractivity contribution is 5.72. The molecule has 1 aliphatic heterocycles. The molecule has 20 heavy (non-hydrogen) atoms. The van der Waals surface area contributed by atoms with E-state index in [1.807, 2.05) is 6.92 Å². The second kappa shape index (κ2) is 6.02. The van der Waals surface area contributed by atoms with E-state index in [2.05, 4.69) is 0 Å². The number of fused-ring (bicyclic) bond motifs is 1. The maximum absolute atomic E-state index is 12.2. The van der Waals surface area contributed by atoms with E-state index in [1.165, 1.54) is 19.3 Å². The molecule has 0 aromatic rings. The number of carbonyl (C=O) groups is 1. The highest BCUT2D eigenvalue weighted by Gasteiger charge is 2.46. The van der Waals surface area contributed by atoms with Crippen molar-refractivity contribution >= 4 is 5.97 Å². The number of carbonyl (C=O) groups excluding carboxylic acids is 1. The van der Waals surface area contributed by atoms with E-state index in [9.17, 15) is 4.79 Å². The summed E-state index contributed by atoms with van der Waals surface area (Å²) >= 11 is 0. The predicted molar refractivity (Wildman–Crippen MR) is 74.4 cm³/mol. The molecule has 0 N–H and O–H groups in total. The van der Waals surface area contributed by atoms with Crippen LogP contribution in [0.5, 0.6) is 0 Å². The Balaban J connectivity index is 1.49. The van der Waals surface area contributed by atoms with Gasteiger partial charge in [0.2, 0.25) is 0 Å². The van der Waals surface area contributed by atoms with Crippen LogP contribution < -0.4 is 0 Å². The van der Waals surface area contributed by atoms with Crippen molar-refractivity contribution in [2.75, 3.05) is 13.2 Å². The van der Waals surface area contributed by atoms with Crippen molar-refractivity contribution in [2.45, 2.75) is 76.1 Å². The lowest BCUT2D eigenvalue weighted by Gasteiger charge is -2.36. The Hall–Kier alpha value is -0.610. The minimum absolute atomic E-state index is 0.0383. The van der Waals surface area contributed by atoms with Crippen LogP contribution in [0.3, 0.4) is 0 Å². The van der Waals surface area contributed by atoms with E-state index in [0.29, 0.717) is 25.4 Å². The Labute approximate surface area is 121 Å². The van der Waals surface area contributed by atoms with Crippen molar-refractivity contribution in [3.8, 4) is 0 Å². The number of hydrogen-bond donors (Lipinski definition) is 0. The molecular weight excluding hydrogens is 256 g/mol. The first-order chi connectivity index (χ1) is 9.72. The maximum atomic E-state index is 12.2. The van der Waals surface area contributed by atoms with Gasteiger partial charge in [-0.15, -0.1) is 0 Å².